The third-order valence-corrected chi connectivity index (χ3v) is 5.99. The van der Waals surface area contributed by atoms with Crippen LogP contribution in [0, 0.1) is 47.4 Å². The average molecular weight is 531 g/mol. The highest BCUT2D eigenvalue weighted by Crippen LogP contribution is 2.14. The van der Waals surface area contributed by atoms with E-state index in [-0.39, 0.29) is 0 Å². The van der Waals surface area contributed by atoms with Crippen molar-refractivity contribution >= 4 is 12.2 Å². The van der Waals surface area contributed by atoms with Crippen LogP contribution in [-0.4, -0.2) is 0 Å². The molecule has 5 aromatic rings. The van der Waals surface area contributed by atoms with Gasteiger partial charge < -0.3 is 0 Å². The van der Waals surface area contributed by atoms with E-state index < -0.39 is 0 Å². The molecule has 0 saturated carbocycles. The molecule has 5 rings (SSSR count). The number of rotatable bonds is 2. The summed E-state index contributed by atoms with van der Waals surface area (Å²) in [7, 11) is 0. The molecule has 0 amide bonds. The van der Waals surface area contributed by atoms with Crippen molar-refractivity contribution in [1.29, 1.82) is 0 Å². The van der Waals surface area contributed by atoms with Crippen molar-refractivity contribution in [2.75, 3.05) is 0 Å². The minimum absolute atomic E-state index is 0.733. The molecule has 0 unspecified atom stereocenters. The predicted molar refractivity (Wildman–Crippen MR) is 176 cm³/mol. The van der Waals surface area contributed by atoms with Gasteiger partial charge in [0.15, 0.2) is 0 Å². The van der Waals surface area contributed by atoms with E-state index in [0.717, 1.165) is 44.5 Å². The first-order valence-electron chi connectivity index (χ1n) is 13.6. The first-order chi connectivity index (χ1) is 20.8. The van der Waals surface area contributed by atoms with Crippen molar-refractivity contribution < 1.29 is 0 Å². The van der Waals surface area contributed by atoms with E-state index in [2.05, 4.69) is 65.6 Å². The zero-order valence-electron chi connectivity index (χ0n) is 23.0. The highest BCUT2D eigenvalue weighted by Gasteiger charge is 1.97. The molecule has 0 aliphatic rings. The maximum atomic E-state index is 3.27. The number of hydrogen-bond acceptors (Lipinski definition) is 0. The summed E-state index contributed by atoms with van der Waals surface area (Å²) >= 11 is 0. The first-order valence-corrected chi connectivity index (χ1v) is 13.6. The molecule has 0 heterocycles. The van der Waals surface area contributed by atoms with Crippen molar-refractivity contribution in [3.05, 3.63) is 190 Å². The molecule has 0 heteroatoms. The number of hydrogen-bond donors (Lipinski definition) is 0. The highest BCUT2D eigenvalue weighted by molar-refractivity contribution is 5.71. The standard InChI is InChI=1S/C42H26/c1-5-14-35(15-6-1)24-28-39(29-25-36-16-7-2-8-17-36)32-41-22-13-23-42(34-41)33-40(30-26-37-18-9-3-10-19-37)31-27-38-20-11-4-12-21-38/h1-23,32-34H. The summed E-state index contributed by atoms with van der Waals surface area (Å²) in [5.74, 6) is 26.1. The molecule has 0 aromatic heterocycles. The summed E-state index contributed by atoms with van der Waals surface area (Å²) in [6.45, 7) is 0. The summed E-state index contributed by atoms with van der Waals surface area (Å²) in [5, 5.41) is 0. The fourth-order valence-corrected chi connectivity index (χ4v) is 3.92. The van der Waals surface area contributed by atoms with Crippen molar-refractivity contribution in [1.82, 2.24) is 0 Å². The Balaban J connectivity index is 1.51. The van der Waals surface area contributed by atoms with E-state index in [9.17, 15) is 0 Å². The normalized spacial score (nSPS) is 9.14. The first kappa shape index (κ1) is 27.4. The minimum Gasteiger partial charge on any atom is -0.0622 e. The van der Waals surface area contributed by atoms with E-state index in [1.54, 1.807) is 0 Å². The number of allylic oxidation sites excluding steroid dienone is 2. The lowest BCUT2D eigenvalue weighted by Crippen LogP contribution is -1.83. The van der Waals surface area contributed by atoms with E-state index >= 15 is 0 Å². The highest BCUT2D eigenvalue weighted by atomic mass is 14.0. The molecule has 0 nitrogen and oxygen atoms in total. The molecule has 0 aliphatic heterocycles. The van der Waals surface area contributed by atoms with Crippen molar-refractivity contribution in [2.45, 2.75) is 0 Å². The van der Waals surface area contributed by atoms with Crippen LogP contribution in [0.2, 0.25) is 0 Å². The topological polar surface area (TPSA) is 0 Å². The van der Waals surface area contributed by atoms with Crippen LogP contribution in [0.3, 0.4) is 0 Å². The fraction of sp³-hybridized carbons (Fsp3) is 0. The molecule has 0 saturated heterocycles. The molecule has 0 bridgehead atoms. The van der Waals surface area contributed by atoms with Gasteiger partial charge in [-0.15, -0.1) is 0 Å². The van der Waals surface area contributed by atoms with Gasteiger partial charge in [0.2, 0.25) is 0 Å². The molecule has 0 N–H and O–H groups in total. The molecule has 0 fully saturated rings. The van der Waals surface area contributed by atoms with Crippen LogP contribution in [0.5, 0.6) is 0 Å². The smallest absolute Gasteiger partial charge is 0.0622 e. The van der Waals surface area contributed by atoms with E-state index in [4.69, 9.17) is 0 Å². The lowest BCUT2D eigenvalue weighted by Gasteiger charge is -1.99. The van der Waals surface area contributed by atoms with Crippen molar-refractivity contribution in [2.24, 2.45) is 0 Å². The van der Waals surface area contributed by atoms with Gasteiger partial charge in [0.1, 0.15) is 0 Å². The molecular weight excluding hydrogens is 504 g/mol. The maximum Gasteiger partial charge on any atom is 0.0757 e. The SMILES string of the molecule is C(#Cc1ccccc1)C(C#Cc1ccccc1)=Cc1cccc(C=C(C#Cc2ccccc2)C#Cc2ccccc2)c1. The Bertz CT molecular complexity index is 1680. The van der Waals surface area contributed by atoms with Crippen molar-refractivity contribution in [3.63, 3.8) is 0 Å². The Morgan fingerprint density at radius 3 is 0.905 bits per heavy atom. The van der Waals surface area contributed by atoms with Gasteiger partial charge in [-0.25, -0.2) is 0 Å². The maximum absolute atomic E-state index is 3.27. The zero-order valence-corrected chi connectivity index (χ0v) is 23.0. The third kappa shape index (κ3) is 8.94. The van der Waals surface area contributed by atoms with Gasteiger partial charge in [-0.05, 0) is 77.9 Å². The molecule has 0 radical (unpaired) electrons. The second-order valence-electron chi connectivity index (χ2n) is 9.25. The van der Waals surface area contributed by atoms with Crippen LogP contribution in [0.4, 0.5) is 0 Å². The van der Waals surface area contributed by atoms with Gasteiger partial charge in [-0.2, -0.15) is 0 Å². The van der Waals surface area contributed by atoms with Crippen LogP contribution >= 0.6 is 0 Å². The second kappa shape index (κ2) is 14.8. The van der Waals surface area contributed by atoms with Gasteiger partial charge in [0, 0.05) is 22.3 Å². The predicted octanol–water partition coefficient (Wildman–Crippen LogP) is 8.66. The van der Waals surface area contributed by atoms with Crippen LogP contribution in [0.15, 0.2) is 157 Å². The van der Waals surface area contributed by atoms with Crippen LogP contribution in [0.1, 0.15) is 33.4 Å². The Labute approximate surface area is 249 Å². The molecule has 42 heavy (non-hydrogen) atoms. The lowest BCUT2D eigenvalue weighted by atomic mass is 10.0. The minimum atomic E-state index is 0.733. The van der Waals surface area contributed by atoms with Gasteiger partial charge >= 0.3 is 0 Å². The molecule has 0 spiro atoms. The summed E-state index contributed by atoms with van der Waals surface area (Å²) in [4.78, 5) is 0. The van der Waals surface area contributed by atoms with E-state index in [1.165, 1.54) is 0 Å². The van der Waals surface area contributed by atoms with Gasteiger partial charge in [0.05, 0.1) is 11.1 Å². The average Bonchev–Trinajstić information content (AvgIpc) is 3.06. The summed E-state index contributed by atoms with van der Waals surface area (Å²) in [5.41, 5.74) is 7.24. The molecule has 0 atom stereocenters. The van der Waals surface area contributed by atoms with E-state index in [0.29, 0.717) is 0 Å². The third-order valence-electron chi connectivity index (χ3n) is 5.99. The summed E-state index contributed by atoms with van der Waals surface area (Å²) in [6.07, 6.45) is 4.04. The number of benzene rings is 5. The van der Waals surface area contributed by atoms with Gasteiger partial charge in [-0.1, -0.05) is 138 Å². The Morgan fingerprint density at radius 1 is 0.333 bits per heavy atom. The summed E-state index contributed by atoms with van der Waals surface area (Å²) in [6, 6.07) is 48.0. The van der Waals surface area contributed by atoms with E-state index in [1.807, 2.05) is 140 Å². The zero-order chi connectivity index (χ0) is 28.7. The molecule has 5 aromatic carbocycles. The fourth-order valence-electron chi connectivity index (χ4n) is 3.92. The molecule has 0 aliphatic carbocycles. The Morgan fingerprint density at radius 2 is 0.619 bits per heavy atom. The molecule has 194 valence electrons. The lowest BCUT2D eigenvalue weighted by molar-refractivity contribution is 1.60. The van der Waals surface area contributed by atoms with Gasteiger partial charge in [0.25, 0.3) is 0 Å². The van der Waals surface area contributed by atoms with Crippen LogP contribution in [-0.2, 0) is 0 Å². The second-order valence-corrected chi connectivity index (χ2v) is 9.25. The van der Waals surface area contributed by atoms with Crippen LogP contribution < -0.4 is 0 Å². The van der Waals surface area contributed by atoms with Crippen molar-refractivity contribution in [3.8, 4) is 47.4 Å². The summed E-state index contributed by atoms with van der Waals surface area (Å²) < 4.78 is 0. The quantitative estimate of drug-likeness (QED) is 0.200. The van der Waals surface area contributed by atoms with Gasteiger partial charge in [-0.3, -0.25) is 0 Å². The largest absolute Gasteiger partial charge is 0.0757 e. The Hall–Kier alpha value is -6.18. The monoisotopic (exact) mass is 530 g/mol. The van der Waals surface area contributed by atoms with Crippen LogP contribution in [0.25, 0.3) is 12.2 Å². The Kier molecular flexibility index (Phi) is 9.67. The molecular formula is C42H26.